The number of hydrogen-bond donors (Lipinski definition) is 2. The fourth-order valence-corrected chi connectivity index (χ4v) is 3.29. The molecule has 150 valence electrons. The van der Waals surface area contributed by atoms with Crippen molar-refractivity contribution in [2.75, 3.05) is 20.2 Å². The topological polar surface area (TPSA) is 63.5 Å². The number of ether oxygens (including phenoxy) is 1. The normalized spacial score (nSPS) is 11.0. The van der Waals surface area contributed by atoms with Crippen LogP contribution in [-0.4, -0.2) is 35.9 Å². The molecule has 2 N–H and O–H groups in total. The highest BCUT2D eigenvalue weighted by molar-refractivity contribution is 14.0. The first-order valence-corrected chi connectivity index (χ1v) is 9.90. The first kappa shape index (κ1) is 22.2. The van der Waals surface area contributed by atoms with E-state index in [0.717, 1.165) is 42.6 Å². The van der Waals surface area contributed by atoms with E-state index in [1.807, 2.05) is 41.2 Å². The zero-order chi connectivity index (χ0) is 18.9. The smallest absolute Gasteiger partial charge is 0.191 e. The molecule has 6 nitrogen and oxygen atoms in total. The average molecular weight is 511 g/mol. The van der Waals surface area contributed by atoms with Crippen molar-refractivity contribution in [1.82, 2.24) is 20.4 Å². The molecule has 0 saturated heterocycles. The molecule has 0 saturated carbocycles. The monoisotopic (exact) mass is 511 g/mol. The number of halogens is 1. The Hall–Kier alpha value is -2.07. The Morgan fingerprint density at radius 2 is 2.00 bits per heavy atom. The molecule has 1 aromatic carbocycles. The minimum absolute atomic E-state index is 0. The van der Waals surface area contributed by atoms with Crippen molar-refractivity contribution in [1.29, 1.82) is 0 Å². The number of nitrogens with one attached hydrogen (secondary N) is 2. The second-order valence-electron chi connectivity index (χ2n) is 5.90. The molecule has 0 aliphatic carbocycles. The van der Waals surface area contributed by atoms with Crippen molar-refractivity contribution >= 4 is 41.3 Å². The maximum Gasteiger partial charge on any atom is 0.191 e. The second kappa shape index (κ2) is 11.7. The van der Waals surface area contributed by atoms with Crippen molar-refractivity contribution in [2.24, 2.45) is 4.99 Å². The van der Waals surface area contributed by atoms with Crippen LogP contribution in [0.25, 0.3) is 5.69 Å². The molecule has 3 rings (SSSR count). The van der Waals surface area contributed by atoms with Gasteiger partial charge in [0.2, 0.25) is 0 Å². The molecule has 2 heterocycles. The third kappa shape index (κ3) is 6.52. The first-order valence-electron chi connectivity index (χ1n) is 9.02. The van der Waals surface area contributed by atoms with Crippen LogP contribution in [0.3, 0.4) is 0 Å². The van der Waals surface area contributed by atoms with Crippen molar-refractivity contribution < 1.29 is 4.74 Å². The van der Waals surface area contributed by atoms with Gasteiger partial charge in [-0.05, 0) is 55.1 Å². The lowest BCUT2D eigenvalue weighted by molar-refractivity contribution is 0.414. The zero-order valence-electron chi connectivity index (χ0n) is 16.1. The maximum absolute atomic E-state index is 5.19. The van der Waals surface area contributed by atoms with E-state index in [4.69, 9.17) is 4.74 Å². The van der Waals surface area contributed by atoms with Crippen molar-refractivity contribution in [3.63, 3.8) is 0 Å². The van der Waals surface area contributed by atoms with Gasteiger partial charge in [0.05, 0.1) is 25.0 Å². The fourth-order valence-electron chi connectivity index (χ4n) is 2.59. The van der Waals surface area contributed by atoms with E-state index >= 15 is 0 Å². The molecule has 0 fully saturated rings. The Balaban J connectivity index is 0.00000280. The van der Waals surface area contributed by atoms with Crippen LogP contribution in [0.2, 0.25) is 0 Å². The summed E-state index contributed by atoms with van der Waals surface area (Å²) >= 11 is 1.78. The Labute approximate surface area is 187 Å². The van der Waals surface area contributed by atoms with Gasteiger partial charge < -0.3 is 15.4 Å². The summed E-state index contributed by atoms with van der Waals surface area (Å²) in [6, 6.07) is 14.0. The van der Waals surface area contributed by atoms with E-state index < -0.39 is 0 Å². The van der Waals surface area contributed by atoms with Gasteiger partial charge in [0.1, 0.15) is 5.75 Å². The molecule has 0 unspecified atom stereocenters. The minimum Gasteiger partial charge on any atom is -0.497 e. The lowest BCUT2D eigenvalue weighted by atomic mass is 10.3. The number of methoxy groups -OCH3 is 1. The summed E-state index contributed by atoms with van der Waals surface area (Å²) in [6.07, 6.45) is 2.94. The SMILES string of the molecule is CCNC(=NCc1ccn(-c2ccc(OC)cc2)n1)NCCc1cccs1.I. The summed E-state index contributed by atoms with van der Waals surface area (Å²) in [7, 11) is 1.66. The number of aromatic nitrogens is 2. The summed E-state index contributed by atoms with van der Waals surface area (Å²) in [6.45, 7) is 4.27. The van der Waals surface area contributed by atoms with Gasteiger partial charge in [0, 0.05) is 24.2 Å². The lowest BCUT2D eigenvalue weighted by Crippen LogP contribution is -2.38. The van der Waals surface area contributed by atoms with Crippen LogP contribution in [-0.2, 0) is 13.0 Å². The van der Waals surface area contributed by atoms with Gasteiger partial charge in [-0.25, -0.2) is 9.67 Å². The van der Waals surface area contributed by atoms with Crippen molar-refractivity contribution in [2.45, 2.75) is 19.9 Å². The molecular formula is C20H26IN5OS. The van der Waals surface area contributed by atoms with Crippen LogP contribution in [0.15, 0.2) is 59.0 Å². The largest absolute Gasteiger partial charge is 0.497 e. The Kier molecular flexibility index (Phi) is 9.29. The summed E-state index contributed by atoms with van der Waals surface area (Å²) in [5, 5.41) is 13.4. The van der Waals surface area contributed by atoms with E-state index in [1.54, 1.807) is 18.4 Å². The molecule has 0 aliphatic heterocycles. The number of benzene rings is 1. The van der Waals surface area contributed by atoms with Gasteiger partial charge in [-0.2, -0.15) is 5.10 Å². The molecule has 0 radical (unpaired) electrons. The Morgan fingerprint density at radius 3 is 2.68 bits per heavy atom. The molecule has 3 aromatic rings. The van der Waals surface area contributed by atoms with E-state index in [2.05, 4.69) is 45.2 Å². The Bertz CT molecular complexity index is 846. The third-order valence-electron chi connectivity index (χ3n) is 3.97. The van der Waals surface area contributed by atoms with Gasteiger partial charge in [-0.15, -0.1) is 35.3 Å². The predicted molar refractivity (Wildman–Crippen MR) is 126 cm³/mol. The Morgan fingerprint density at radius 1 is 1.18 bits per heavy atom. The number of nitrogens with zero attached hydrogens (tertiary/aromatic N) is 3. The molecule has 0 spiro atoms. The fraction of sp³-hybridized carbons (Fsp3) is 0.300. The number of guanidine groups is 1. The summed E-state index contributed by atoms with van der Waals surface area (Å²) < 4.78 is 7.04. The lowest BCUT2D eigenvalue weighted by Gasteiger charge is -2.10. The van der Waals surface area contributed by atoms with E-state index in [1.165, 1.54) is 4.88 Å². The van der Waals surface area contributed by atoms with Gasteiger partial charge in [-0.1, -0.05) is 6.07 Å². The van der Waals surface area contributed by atoms with Crippen LogP contribution < -0.4 is 15.4 Å². The highest BCUT2D eigenvalue weighted by Gasteiger charge is 2.03. The van der Waals surface area contributed by atoms with Gasteiger partial charge >= 0.3 is 0 Å². The molecular weight excluding hydrogens is 485 g/mol. The molecule has 8 heteroatoms. The summed E-state index contributed by atoms with van der Waals surface area (Å²) in [5.41, 5.74) is 1.91. The summed E-state index contributed by atoms with van der Waals surface area (Å²) in [4.78, 5) is 6.01. The molecule has 0 atom stereocenters. The van der Waals surface area contributed by atoms with Crippen LogP contribution in [0, 0.1) is 0 Å². The van der Waals surface area contributed by atoms with Gasteiger partial charge in [-0.3, -0.25) is 0 Å². The number of aliphatic imine (C=N–C) groups is 1. The number of rotatable bonds is 8. The second-order valence-corrected chi connectivity index (χ2v) is 6.93. The average Bonchev–Trinajstić information content (AvgIpc) is 3.38. The molecule has 0 bridgehead atoms. The van der Waals surface area contributed by atoms with Crippen LogP contribution >= 0.6 is 35.3 Å². The standard InChI is InChI=1S/C20H25N5OS.HI/c1-3-21-20(22-12-10-19-5-4-14-27-19)23-15-16-11-13-25(24-16)17-6-8-18(26-2)9-7-17;/h4-9,11,13-14H,3,10,12,15H2,1-2H3,(H2,21,22,23);1H. The minimum atomic E-state index is 0. The third-order valence-corrected chi connectivity index (χ3v) is 4.90. The molecule has 28 heavy (non-hydrogen) atoms. The zero-order valence-corrected chi connectivity index (χ0v) is 19.2. The van der Waals surface area contributed by atoms with Gasteiger partial charge in [0.25, 0.3) is 0 Å². The molecule has 0 amide bonds. The maximum atomic E-state index is 5.19. The first-order chi connectivity index (χ1) is 13.3. The van der Waals surface area contributed by atoms with Crippen LogP contribution in [0.5, 0.6) is 5.75 Å². The number of hydrogen-bond acceptors (Lipinski definition) is 4. The molecule has 0 aliphatic rings. The quantitative estimate of drug-likeness (QED) is 0.274. The highest BCUT2D eigenvalue weighted by Crippen LogP contribution is 2.14. The summed E-state index contributed by atoms with van der Waals surface area (Å²) in [5.74, 6) is 1.65. The van der Waals surface area contributed by atoms with E-state index in [0.29, 0.717) is 6.54 Å². The highest BCUT2D eigenvalue weighted by atomic mass is 127. The van der Waals surface area contributed by atoms with Crippen LogP contribution in [0.4, 0.5) is 0 Å². The van der Waals surface area contributed by atoms with E-state index in [9.17, 15) is 0 Å². The van der Waals surface area contributed by atoms with E-state index in [-0.39, 0.29) is 24.0 Å². The van der Waals surface area contributed by atoms with Crippen molar-refractivity contribution in [3.05, 3.63) is 64.6 Å². The van der Waals surface area contributed by atoms with Crippen molar-refractivity contribution in [3.8, 4) is 11.4 Å². The predicted octanol–water partition coefficient (Wildman–Crippen LogP) is 3.86. The number of thiophene rings is 1. The van der Waals surface area contributed by atoms with Gasteiger partial charge in [0.15, 0.2) is 5.96 Å². The van der Waals surface area contributed by atoms with Crippen LogP contribution in [0.1, 0.15) is 17.5 Å². The molecule has 2 aromatic heterocycles.